The van der Waals surface area contributed by atoms with Gasteiger partial charge in [-0.05, 0) is 51.8 Å². The lowest BCUT2D eigenvalue weighted by Crippen LogP contribution is -2.38. The lowest BCUT2D eigenvalue weighted by atomic mass is 10.1. The highest BCUT2D eigenvalue weighted by molar-refractivity contribution is 6.70. The molecule has 6 heteroatoms. The van der Waals surface area contributed by atoms with Gasteiger partial charge >= 0.3 is 0 Å². The third-order valence-electron chi connectivity index (χ3n) is 3.03. The van der Waals surface area contributed by atoms with Gasteiger partial charge in [0.25, 0.3) is 0 Å². The summed E-state index contributed by atoms with van der Waals surface area (Å²) in [4.78, 5) is 0. The summed E-state index contributed by atoms with van der Waals surface area (Å²) in [5.74, 6) is 0.896. The second kappa shape index (κ2) is 7.66. The minimum absolute atomic E-state index is 0.0509. The van der Waals surface area contributed by atoms with E-state index in [1.165, 1.54) is 6.04 Å². The van der Waals surface area contributed by atoms with Crippen LogP contribution in [0.3, 0.4) is 0 Å². The number of hydrogen-bond donors (Lipinski definition) is 0. The zero-order valence-electron chi connectivity index (χ0n) is 15.1. The zero-order valence-corrected chi connectivity index (χ0v) is 19.3. The van der Waals surface area contributed by atoms with E-state index in [2.05, 4.69) is 51.9 Å². The summed E-state index contributed by atoms with van der Waals surface area (Å²) in [7, 11) is -3.51. The minimum atomic E-state index is -1.77. The molecule has 0 aromatic heterocycles. The number of alkyl halides is 1. The first-order chi connectivity index (χ1) is 9.97. The molecule has 0 amide bonds. The fourth-order valence-corrected chi connectivity index (χ4v) is 6.40. The highest BCUT2D eigenvalue weighted by Crippen LogP contribution is 2.43. The average molecular weight is 375 g/mol. The Morgan fingerprint density at radius 2 is 1.64 bits per heavy atom. The van der Waals surface area contributed by atoms with Gasteiger partial charge < -0.3 is 8.85 Å². The standard InChI is InChI=1S/C16H31ClO2Si3/c1-20-13-12-16(17,19-22(5,6)7)14-10-8-9-11-15(14)18-21(2,3)4/h8-11H,12-13,20H2,1-7H3. The third kappa shape index (κ3) is 6.58. The molecule has 2 nitrogen and oxygen atoms in total. The predicted molar refractivity (Wildman–Crippen MR) is 106 cm³/mol. The molecule has 0 saturated heterocycles. The summed E-state index contributed by atoms with van der Waals surface area (Å²) in [5, 5.41) is -0.746. The molecule has 1 rings (SSSR count). The Balaban J connectivity index is 3.24. The van der Waals surface area contributed by atoms with Gasteiger partial charge in [0.1, 0.15) is 5.75 Å². The van der Waals surface area contributed by atoms with Crippen LogP contribution in [0.25, 0.3) is 0 Å². The van der Waals surface area contributed by atoms with Crippen molar-refractivity contribution in [2.45, 2.75) is 63.4 Å². The van der Waals surface area contributed by atoms with Crippen LogP contribution in [0.1, 0.15) is 12.0 Å². The van der Waals surface area contributed by atoms with E-state index in [1.807, 2.05) is 18.2 Å². The van der Waals surface area contributed by atoms with Gasteiger partial charge in [-0.15, -0.1) is 0 Å². The van der Waals surface area contributed by atoms with Crippen molar-refractivity contribution in [3.05, 3.63) is 29.8 Å². The van der Waals surface area contributed by atoms with Crippen LogP contribution in [-0.4, -0.2) is 26.2 Å². The van der Waals surface area contributed by atoms with E-state index in [1.54, 1.807) is 0 Å². The molecule has 1 aromatic carbocycles. The number of halogens is 1. The first-order valence-electron chi connectivity index (χ1n) is 8.14. The van der Waals surface area contributed by atoms with Gasteiger partial charge in [-0.2, -0.15) is 0 Å². The molecular formula is C16H31ClO2Si3. The zero-order chi connectivity index (χ0) is 17.0. The van der Waals surface area contributed by atoms with Crippen LogP contribution in [0.5, 0.6) is 5.75 Å². The second-order valence-electron chi connectivity index (χ2n) is 7.76. The monoisotopic (exact) mass is 374 g/mol. The van der Waals surface area contributed by atoms with Crippen molar-refractivity contribution in [1.82, 2.24) is 0 Å². The number of benzene rings is 1. The first-order valence-corrected chi connectivity index (χ1v) is 17.8. The van der Waals surface area contributed by atoms with Gasteiger partial charge in [0.15, 0.2) is 13.4 Å². The lowest BCUT2D eigenvalue weighted by molar-refractivity contribution is 0.143. The van der Waals surface area contributed by atoms with E-state index >= 15 is 0 Å². The molecule has 0 aliphatic heterocycles. The predicted octanol–water partition coefficient (Wildman–Crippen LogP) is 5.17. The SMILES string of the molecule is C[SiH2]CCC(Cl)(O[Si](C)(C)C)c1ccccc1O[Si](C)(C)C. The Labute approximate surface area is 145 Å². The maximum Gasteiger partial charge on any atom is 0.242 e. The minimum Gasteiger partial charge on any atom is -0.544 e. The summed E-state index contributed by atoms with van der Waals surface area (Å²) >= 11 is 7.03. The van der Waals surface area contributed by atoms with Gasteiger partial charge in [-0.3, -0.25) is 0 Å². The van der Waals surface area contributed by atoms with E-state index in [0.29, 0.717) is 0 Å². The Kier molecular flexibility index (Phi) is 6.95. The number of hydrogen-bond acceptors (Lipinski definition) is 2. The van der Waals surface area contributed by atoms with Gasteiger partial charge in [0, 0.05) is 15.1 Å². The molecule has 1 unspecified atom stereocenters. The molecule has 0 aliphatic carbocycles. The van der Waals surface area contributed by atoms with Gasteiger partial charge in [-0.25, -0.2) is 0 Å². The van der Waals surface area contributed by atoms with Crippen molar-refractivity contribution in [1.29, 1.82) is 0 Å². The highest BCUT2D eigenvalue weighted by atomic mass is 35.5. The van der Waals surface area contributed by atoms with E-state index in [0.717, 1.165) is 17.7 Å². The fourth-order valence-electron chi connectivity index (χ4n) is 2.32. The second-order valence-corrected chi connectivity index (χ2v) is 18.9. The van der Waals surface area contributed by atoms with E-state index in [9.17, 15) is 0 Å². The van der Waals surface area contributed by atoms with Gasteiger partial charge in [0.2, 0.25) is 8.32 Å². The van der Waals surface area contributed by atoms with Crippen molar-refractivity contribution in [3.63, 3.8) is 0 Å². The molecule has 1 atom stereocenters. The molecule has 0 radical (unpaired) electrons. The normalized spacial score (nSPS) is 16.0. The lowest BCUT2D eigenvalue weighted by Gasteiger charge is -2.36. The van der Waals surface area contributed by atoms with Crippen LogP contribution in [0.4, 0.5) is 0 Å². The van der Waals surface area contributed by atoms with Gasteiger partial charge in [0.05, 0.1) is 0 Å². The van der Waals surface area contributed by atoms with Crippen molar-refractivity contribution in [2.75, 3.05) is 0 Å². The number of rotatable bonds is 8. The Morgan fingerprint density at radius 3 is 2.14 bits per heavy atom. The first kappa shape index (κ1) is 20.0. The molecule has 0 bridgehead atoms. The summed E-state index contributed by atoms with van der Waals surface area (Å²) < 4.78 is 12.7. The van der Waals surface area contributed by atoms with Crippen LogP contribution < -0.4 is 4.43 Å². The maximum absolute atomic E-state index is 7.03. The van der Waals surface area contributed by atoms with Crippen LogP contribution >= 0.6 is 11.6 Å². The quantitative estimate of drug-likeness (QED) is 0.461. The smallest absolute Gasteiger partial charge is 0.242 e. The summed E-state index contributed by atoms with van der Waals surface area (Å²) in [6, 6.07) is 9.32. The average Bonchev–Trinajstić information content (AvgIpc) is 2.33. The molecular weight excluding hydrogens is 344 g/mol. The fraction of sp³-hybridized carbons (Fsp3) is 0.625. The third-order valence-corrected chi connectivity index (χ3v) is 6.48. The Hall–Kier alpha value is -0.0794. The van der Waals surface area contributed by atoms with Crippen LogP contribution in [0.2, 0.25) is 51.9 Å². The molecule has 126 valence electrons. The van der Waals surface area contributed by atoms with Crippen molar-refractivity contribution in [3.8, 4) is 5.75 Å². The van der Waals surface area contributed by atoms with Crippen LogP contribution in [0.15, 0.2) is 24.3 Å². The van der Waals surface area contributed by atoms with Crippen molar-refractivity contribution >= 4 is 37.8 Å². The number of para-hydroxylation sites is 1. The molecule has 1 aromatic rings. The molecule has 22 heavy (non-hydrogen) atoms. The summed E-state index contributed by atoms with van der Waals surface area (Å²) in [5.41, 5.74) is 1.00. The van der Waals surface area contributed by atoms with E-state index in [-0.39, 0.29) is 9.52 Å². The van der Waals surface area contributed by atoms with E-state index < -0.39 is 21.7 Å². The van der Waals surface area contributed by atoms with E-state index in [4.69, 9.17) is 20.5 Å². The molecule has 0 N–H and O–H groups in total. The Bertz CT molecular complexity index is 483. The topological polar surface area (TPSA) is 18.5 Å². The highest BCUT2D eigenvalue weighted by Gasteiger charge is 2.38. The molecule has 0 saturated carbocycles. The largest absolute Gasteiger partial charge is 0.544 e. The van der Waals surface area contributed by atoms with Crippen LogP contribution in [0, 0.1) is 0 Å². The van der Waals surface area contributed by atoms with Gasteiger partial charge in [-0.1, -0.05) is 42.4 Å². The Morgan fingerprint density at radius 1 is 1.05 bits per heavy atom. The molecule has 0 aliphatic rings. The maximum atomic E-state index is 7.03. The molecule has 0 fully saturated rings. The summed E-state index contributed by atoms with van der Waals surface area (Å²) in [6.07, 6.45) is 0.869. The van der Waals surface area contributed by atoms with Crippen molar-refractivity contribution < 1.29 is 8.85 Å². The summed E-state index contributed by atoms with van der Waals surface area (Å²) in [6.45, 7) is 15.5. The molecule has 0 heterocycles. The van der Waals surface area contributed by atoms with Crippen LogP contribution in [-0.2, 0) is 9.49 Å². The molecule has 0 spiro atoms. The van der Waals surface area contributed by atoms with Crippen molar-refractivity contribution in [2.24, 2.45) is 0 Å².